The van der Waals surface area contributed by atoms with Gasteiger partial charge in [0.2, 0.25) is 0 Å². The maximum Gasteiger partial charge on any atom is 0.257 e. The summed E-state index contributed by atoms with van der Waals surface area (Å²) in [7, 11) is 1.58. The van der Waals surface area contributed by atoms with Crippen LogP contribution in [0.2, 0.25) is 10.0 Å². The average molecular weight is 495 g/mol. The molecule has 0 aliphatic heterocycles. The predicted octanol–water partition coefficient (Wildman–Crippen LogP) is 4.41. The van der Waals surface area contributed by atoms with Crippen molar-refractivity contribution in [3.63, 3.8) is 0 Å². The quantitative estimate of drug-likeness (QED) is 0.488. The number of thiocarbonyl (C=S) groups is 1. The van der Waals surface area contributed by atoms with Gasteiger partial charge in [0.15, 0.2) is 5.11 Å². The van der Waals surface area contributed by atoms with Crippen LogP contribution in [0, 0.1) is 3.57 Å². The number of ether oxygens (including phenoxy) is 1. The molecule has 0 bridgehead atoms. The highest BCUT2D eigenvalue weighted by molar-refractivity contribution is 14.1. The zero-order chi connectivity index (χ0) is 17.7. The second-order valence-corrected chi connectivity index (χ2v) is 7.14. The molecular weight excluding hydrogens is 482 g/mol. The first-order valence-electron chi connectivity index (χ1n) is 6.77. The first-order chi connectivity index (χ1) is 11.4. The highest BCUT2D eigenvalue weighted by Gasteiger charge is 2.11. The number of carbonyl (C=O) groups is 1. The summed E-state index contributed by atoms with van der Waals surface area (Å²) in [6, 6.07) is 10.3. The SMILES string of the molecule is COc1ccc(C(=O)NC(=S)NCc2ccc(Cl)cc2Cl)cc1I. The van der Waals surface area contributed by atoms with Gasteiger partial charge in [-0.2, -0.15) is 0 Å². The molecule has 0 radical (unpaired) electrons. The number of halogens is 3. The first-order valence-corrected chi connectivity index (χ1v) is 9.01. The number of hydrogen-bond acceptors (Lipinski definition) is 3. The highest BCUT2D eigenvalue weighted by Crippen LogP contribution is 2.22. The molecule has 0 saturated heterocycles. The average Bonchev–Trinajstić information content (AvgIpc) is 2.53. The van der Waals surface area contributed by atoms with E-state index >= 15 is 0 Å². The number of carbonyl (C=O) groups excluding carboxylic acids is 1. The first kappa shape index (κ1) is 19.2. The van der Waals surface area contributed by atoms with Crippen molar-refractivity contribution in [1.82, 2.24) is 10.6 Å². The van der Waals surface area contributed by atoms with E-state index in [0.29, 0.717) is 27.9 Å². The molecule has 2 aromatic carbocycles. The smallest absolute Gasteiger partial charge is 0.257 e. The van der Waals surface area contributed by atoms with Crippen molar-refractivity contribution < 1.29 is 9.53 Å². The van der Waals surface area contributed by atoms with Gasteiger partial charge in [-0.05, 0) is 70.7 Å². The number of hydrogen-bond donors (Lipinski definition) is 2. The van der Waals surface area contributed by atoms with E-state index in [1.807, 2.05) is 0 Å². The molecule has 1 amide bonds. The minimum atomic E-state index is -0.296. The van der Waals surface area contributed by atoms with Gasteiger partial charge in [-0.3, -0.25) is 10.1 Å². The molecule has 2 rings (SSSR count). The lowest BCUT2D eigenvalue weighted by atomic mass is 10.2. The summed E-state index contributed by atoms with van der Waals surface area (Å²) in [5, 5.41) is 6.89. The Balaban J connectivity index is 1.94. The zero-order valence-electron chi connectivity index (χ0n) is 12.5. The summed E-state index contributed by atoms with van der Waals surface area (Å²) in [5.41, 5.74) is 1.32. The third-order valence-electron chi connectivity index (χ3n) is 3.10. The Kier molecular flexibility index (Phi) is 7.09. The molecule has 0 aliphatic rings. The van der Waals surface area contributed by atoms with Crippen LogP contribution < -0.4 is 15.4 Å². The number of benzene rings is 2. The van der Waals surface area contributed by atoms with Gasteiger partial charge in [-0.1, -0.05) is 29.3 Å². The lowest BCUT2D eigenvalue weighted by molar-refractivity contribution is 0.0976. The second-order valence-electron chi connectivity index (χ2n) is 4.72. The lowest BCUT2D eigenvalue weighted by Gasteiger charge is -2.11. The van der Waals surface area contributed by atoms with Crippen molar-refractivity contribution in [3.8, 4) is 5.75 Å². The van der Waals surface area contributed by atoms with Crippen LogP contribution in [0.3, 0.4) is 0 Å². The van der Waals surface area contributed by atoms with Crippen LogP contribution in [0.4, 0.5) is 0 Å². The maximum atomic E-state index is 12.2. The van der Waals surface area contributed by atoms with Gasteiger partial charge in [-0.25, -0.2) is 0 Å². The zero-order valence-corrected chi connectivity index (χ0v) is 17.0. The monoisotopic (exact) mass is 494 g/mol. The van der Waals surface area contributed by atoms with E-state index in [9.17, 15) is 4.79 Å². The van der Waals surface area contributed by atoms with Gasteiger partial charge >= 0.3 is 0 Å². The third kappa shape index (κ3) is 5.20. The fraction of sp³-hybridized carbons (Fsp3) is 0.125. The molecule has 0 heterocycles. The van der Waals surface area contributed by atoms with Gasteiger partial charge in [-0.15, -0.1) is 0 Å². The van der Waals surface area contributed by atoms with Gasteiger partial charge in [0.1, 0.15) is 5.75 Å². The Morgan fingerprint density at radius 1 is 1.25 bits per heavy atom. The largest absolute Gasteiger partial charge is 0.496 e. The number of rotatable bonds is 4. The molecular formula is C16H13Cl2IN2O2S. The van der Waals surface area contributed by atoms with Crippen molar-refractivity contribution in [3.05, 3.63) is 61.1 Å². The Bertz CT molecular complexity index is 787. The van der Waals surface area contributed by atoms with Gasteiger partial charge in [0, 0.05) is 22.2 Å². The molecule has 126 valence electrons. The molecule has 0 aliphatic carbocycles. The molecule has 0 fully saturated rings. The Hall–Kier alpha value is -1.09. The summed E-state index contributed by atoms with van der Waals surface area (Å²) in [5.74, 6) is 0.417. The molecule has 0 aromatic heterocycles. The normalized spacial score (nSPS) is 10.2. The molecule has 2 aromatic rings. The van der Waals surface area contributed by atoms with E-state index in [1.165, 1.54) is 0 Å². The number of nitrogens with one attached hydrogen (secondary N) is 2. The third-order valence-corrected chi connectivity index (χ3v) is 4.77. The molecule has 8 heteroatoms. The highest BCUT2D eigenvalue weighted by atomic mass is 127. The summed E-state index contributed by atoms with van der Waals surface area (Å²) < 4.78 is 6.01. The number of amides is 1. The van der Waals surface area contributed by atoms with E-state index < -0.39 is 0 Å². The van der Waals surface area contributed by atoms with E-state index in [4.69, 9.17) is 40.2 Å². The van der Waals surface area contributed by atoms with Crippen molar-refractivity contribution in [2.24, 2.45) is 0 Å². The summed E-state index contributed by atoms with van der Waals surface area (Å²) in [6.07, 6.45) is 0. The van der Waals surface area contributed by atoms with Crippen LogP contribution in [0.1, 0.15) is 15.9 Å². The Labute approximate surface area is 169 Å². The van der Waals surface area contributed by atoms with Gasteiger partial charge in [0.25, 0.3) is 5.91 Å². The Morgan fingerprint density at radius 3 is 2.62 bits per heavy atom. The van der Waals surface area contributed by atoms with E-state index in [0.717, 1.165) is 9.13 Å². The Morgan fingerprint density at radius 2 is 2.00 bits per heavy atom. The second kappa shape index (κ2) is 8.84. The standard InChI is InChI=1S/C16H13Cl2IN2O2S/c1-23-14-5-3-9(6-13(14)19)15(22)21-16(24)20-8-10-2-4-11(17)7-12(10)18/h2-7H,8H2,1H3,(H2,20,21,22,24). The predicted molar refractivity (Wildman–Crippen MR) is 109 cm³/mol. The van der Waals surface area contributed by atoms with Crippen molar-refractivity contribution in [2.75, 3.05) is 7.11 Å². The topological polar surface area (TPSA) is 50.4 Å². The molecule has 2 N–H and O–H groups in total. The van der Waals surface area contributed by atoms with Crippen LogP contribution in [0.15, 0.2) is 36.4 Å². The molecule has 0 atom stereocenters. The lowest BCUT2D eigenvalue weighted by Crippen LogP contribution is -2.38. The molecule has 0 saturated carbocycles. The van der Waals surface area contributed by atoms with Crippen LogP contribution >= 0.6 is 58.0 Å². The van der Waals surface area contributed by atoms with Crippen LogP contribution in [-0.4, -0.2) is 18.1 Å². The van der Waals surface area contributed by atoms with Crippen molar-refractivity contribution in [1.29, 1.82) is 0 Å². The molecule has 0 spiro atoms. The summed E-state index contributed by atoms with van der Waals surface area (Å²) in [6.45, 7) is 0.384. The van der Waals surface area contributed by atoms with Gasteiger partial charge < -0.3 is 10.1 Å². The summed E-state index contributed by atoms with van der Waals surface area (Å²) in [4.78, 5) is 12.2. The molecule has 24 heavy (non-hydrogen) atoms. The van der Waals surface area contributed by atoms with Crippen molar-refractivity contribution in [2.45, 2.75) is 6.54 Å². The van der Waals surface area contributed by atoms with Crippen molar-refractivity contribution >= 4 is 69.0 Å². The van der Waals surface area contributed by atoms with Crippen LogP contribution in [0.25, 0.3) is 0 Å². The van der Waals surface area contributed by atoms with E-state index in [2.05, 4.69) is 33.2 Å². The maximum absolute atomic E-state index is 12.2. The number of methoxy groups -OCH3 is 1. The van der Waals surface area contributed by atoms with Crippen LogP contribution in [0.5, 0.6) is 5.75 Å². The van der Waals surface area contributed by atoms with E-state index in [1.54, 1.807) is 43.5 Å². The minimum Gasteiger partial charge on any atom is -0.496 e. The van der Waals surface area contributed by atoms with Crippen LogP contribution in [-0.2, 0) is 6.54 Å². The minimum absolute atomic E-state index is 0.219. The fourth-order valence-electron chi connectivity index (χ4n) is 1.87. The molecule has 4 nitrogen and oxygen atoms in total. The fourth-order valence-corrected chi connectivity index (χ4v) is 3.24. The molecule has 0 unspecified atom stereocenters. The summed E-state index contributed by atoms with van der Waals surface area (Å²) >= 11 is 19.2. The van der Waals surface area contributed by atoms with E-state index in [-0.39, 0.29) is 11.0 Å². The van der Waals surface area contributed by atoms with Gasteiger partial charge in [0.05, 0.1) is 10.7 Å².